The number of carboxylic acid groups (broad SMARTS) is 1. The molecular weight excluding hydrogens is 236 g/mol. The Labute approximate surface area is 103 Å². The molecule has 0 fully saturated rings. The van der Waals surface area contributed by atoms with E-state index in [1.54, 1.807) is 7.11 Å². The Hall–Kier alpha value is -2.44. The molecule has 0 aliphatic carbocycles. The third-order valence-electron chi connectivity index (χ3n) is 2.29. The van der Waals surface area contributed by atoms with Crippen molar-refractivity contribution in [3.63, 3.8) is 0 Å². The number of nitrogens with zero attached hydrogens (tertiary/aromatic N) is 4. The minimum atomic E-state index is -1.25. The molecule has 1 heterocycles. The van der Waals surface area contributed by atoms with E-state index in [0.717, 1.165) is 16.1 Å². The molecule has 0 spiro atoms. The Morgan fingerprint density at radius 3 is 2.72 bits per heavy atom. The van der Waals surface area contributed by atoms with Gasteiger partial charge in [0, 0.05) is 6.42 Å². The van der Waals surface area contributed by atoms with Crippen LogP contribution in [0.2, 0.25) is 0 Å². The lowest BCUT2D eigenvalue weighted by molar-refractivity contribution is -0.307. The van der Waals surface area contributed by atoms with Crippen molar-refractivity contribution in [2.45, 2.75) is 13.0 Å². The first kappa shape index (κ1) is 12.0. The van der Waals surface area contributed by atoms with E-state index in [0.29, 0.717) is 12.2 Å². The number of carbonyl (C=O) groups excluding carboxylic acids is 1. The van der Waals surface area contributed by atoms with Crippen LogP contribution in [0.1, 0.15) is 11.4 Å². The zero-order valence-corrected chi connectivity index (χ0v) is 9.74. The summed E-state index contributed by atoms with van der Waals surface area (Å²) in [5.74, 6) is -0.0165. The van der Waals surface area contributed by atoms with E-state index in [1.165, 1.54) is 0 Å². The minimum Gasteiger partial charge on any atom is -0.548 e. The summed E-state index contributed by atoms with van der Waals surface area (Å²) in [6, 6.07) is 7.44. The number of hydrogen-bond acceptors (Lipinski definition) is 6. The number of carboxylic acids is 1. The highest BCUT2D eigenvalue weighted by molar-refractivity contribution is 5.63. The predicted molar refractivity (Wildman–Crippen MR) is 58.6 cm³/mol. The van der Waals surface area contributed by atoms with Gasteiger partial charge in [0.25, 0.3) is 0 Å². The molecule has 0 radical (unpaired) electrons. The second kappa shape index (κ2) is 5.26. The molecule has 1 aromatic carbocycles. The standard InChI is InChI=1S/C11H12N4O3/c1-18-9-4-2-8(3-5-9)6-10-12-14-15(13-10)7-11(16)17/h2-5H,6-7H2,1H3,(H,16,17)/p-1. The highest BCUT2D eigenvalue weighted by Crippen LogP contribution is 2.12. The van der Waals surface area contributed by atoms with Crippen molar-refractivity contribution >= 4 is 5.97 Å². The third kappa shape index (κ3) is 3.03. The lowest BCUT2D eigenvalue weighted by Crippen LogP contribution is -2.28. The van der Waals surface area contributed by atoms with Crippen molar-refractivity contribution in [1.29, 1.82) is 0 Å². The minimum absolute atomic E-state index is 0.393. The predicted octanol–water partition coefficient (Wildman–Crippen LogP) is -0.978. The molecule has 0 atom stereocenters. The Kier molecular flexibility index (Phi) is 3.52. The lowest BCUT2D eigenvalue weighted by Gasteiger charge is -2.01. The first-order chi connectivity index (χ1) is 8.67. The quantitative estimate of drug-likeness (QED) is 0.674. The number of carbonyl (C=O) groups is 1. The molecular formula is C11H11N4O3-. The van der Waals surface area contributed by atoms with Crippen molar-refractivity contribution in [1.82, 2.24) is 20.2 Å². The van der Waals surface area contributed by atoms with Gasteiger partial charge in [0.05, 0.1) is 13.1 Å². The number of hydrogen-bond donors (Lipinski definition) is 0. The molecule has 94 valence electrons. The zero-order valence-electron chi connectivity index (χ0n) is 9.74. The number of rotatable bonds is 5. The number of aliphatic carboxylic acids is 1. The zero-order chi connectivity index (χ0) is 13.0. The summed E-state index contributed by atoms with van der Waals surface area (Å²) in [7, 11) is 1.60. The van der Waals surface area contributed by atoms with Crippen LogP contribution in [0.25, 0.3) is 0 Å². The van der Waals surface area contributed by atoms with Crippen LogP contribution in [0.3, 0.4) is 0 Å². The van der Waals surface area contributed by atoms with E-state index < -0.39 is 12.5 Å². The Morgan fingerprint density at radius 2 is 2.11 bits per heavy atom. The Bertz CT molecular complexity index is 535. The van der Waals surface area contributed by atoms with Crippen LogP contribution in [0.5, 0.6) is 5.75 Å². The van der Waals surface area contributed by atoms with E-state index in [-0.39, 0.29) is 0 Å². The summed E-state index contributed by atoms with van der Waals surface area (Å²) in [5.41, 5.74) is 0.990. The van der Waals surface area contributed by atoms with Crippen LogP contribution in [0, 0.1) is 0 Å². The summed E-state index contributed by atoms with van der Waals surface area (Å²) in [6.07, 6.45) is 0.483. The van der Waals surface area contributed by atoms with Gasteiger partial charge in [-0.1, -0.05) is 12.1 Å². The fourth-order valence-electron chi connectivity index (χ4n) is 1.46. The second-order valence-electron chi connectivity index (χ2n) is 3.63. The first-order valence-electron chi connectivity index (χ1n) is 5.27. The fourth-order valence-corrected chi connectivity index (χ4v) is 1.46. The van der Waals surface area contributed by atoms with Gasteiger partial charge in [-0.2, -0.15) is 4.80 Å². The van der Waals surface area contributed by atoms with Crippen LogP contribution < -0.4 is 9.84 Å². The van der Waals surface area contributed by atoms with Gasteiger partial charge < -0.3 is 14.6 Å². The van der Waals surface area contributed by atoms with E-state index in [2.05, 4.69) is 15.4 Å². The van der Waals surface area contributed by atoms with E-state index in [4.69, 9.17) is 4.74 Å². The van der Waals surface area contributed by atoms with Gasteiger partial charge in [0.15, 0.2) is 5.82 Å². The highest BCUT2D eigenvalue weighted by Gasteiger charge is 2.04. The average molecular weight is 247 g/mol. The van der Waals surface area contributed by atoms with Crippen molar-refractivity contribution in [2.24, 2.45) is 0 Å². The maximum absolute atomic E-state index is 10.4. The van der Waals surface area contributed by atoms with Gasteiger partial charge >= 0.3 is 0 Å². The SMILES string of the molecule is COc1ccc(Cc2nnn(CC(=O)[O-])n2)cc1. The Morgan fingerprint density at radius 1 is 1.39 bits per heavy atom. The van der Waals surface area contributed by atoms with Crippen LogP contribution in [-0.2, 0) is 17.8 Å². The van der Waals surface area contributed by atoms with Crippen LogP contribution in [0.4, 0.5) is 0 Å². The Balaban J connectivity index is 2.03. The lowest BCUT2D eigenvalue weighted by atomic mass is 10.1. The molecule has 0 N–H and O–H groups in total. The van der Waals surface area contributed by atoms with E-state index >= 15 is 0 Å². The molecule has 7 heteroatoms. The largest absolute Gasteiger partial charge is 0.548 e. The molecule has 0 aliphatic heterocycles. The second-order valence-corrected chi connectivity index (χ2v) is 3.63. The van der Waals surface area contributed by atoms with E-state index in [9.17, 15) is 9.90 Å². The normalized spacial score (nSPS) is 10.3. The summed E-state index contributed by atoms with van der Waals surface area (Å²) in [6.45, 7) is -0.393. The number of methoxy groups -OCH3 is 1. The van der Waals surface area contributed by atoms with Crippen LogP contribution in [0.15, 0.2) is 24.3 Å². The van der Waals surface area contributed by atoms with Gasteiger partial charge in [-0.3, -0.25) is 0 Å². The molecule has 0 amide bonds. The molecule has 0 unspecified atom stereocenters. The molecule has 7 nitrogen and oxygen atoms in total. The van der Waals surface area contributed by atoms with Crippen LogP contribution in [-0.4, -0.2) is 33.3 Å². The number of ether oxygens (including phenoxy) is 1. The van der Waals surface area contributed by atoms with E-state index in [1.807, 2.05) is 24.3 Å². The topological polar surface area (TPSA) is 93.0 Å². The molecule has 0 saturated carbocycles. The fraction of sp³-hybridized carbons (Fsp3) is 0.273. The highest BCUT2D eigenvalue weighted by atomic mass is 16.5. The van der Waals surface area contributed by atoms with Crippen molar-refractivity contribution < 1.29 is 14.6 Å². The maximum Gasteiger partial charge on any atom is 0.179 e. The van der Waals surface area contributed by atoms with Crippen molar-refractivity contribution in [3.8, 4) is 5.75 Å². The number of benzene rings is 1. The number of aromatic nitrogens is 4. The van der Waals surface area contributed by atoms with Crippen molar-refractivity contribution in [2.75, 3.05) is 7.11 Å². The molecule has 1 aromatic heterocycles. The molecule has 0 aliphatic rings. The molecule has 18 heavy (non-hydrogen) atoms. The molecule has 0 bridgehead atoms. The van der Waals surface area contributed by atoms with Gasteiger partial charge in [-0.15, -0.1) is 10.2 Å². The molecule has 2 rings (SSSR count). The average Bonchev–Trinajstić information content (AvgIpc) is 2.76. The molecule has 0 saturated heterocycles. The van der Waals surface area contributed by atoms with Crippen LogP contribution >= 0.6 is 0 Å². The summed E-state index contributed by atoms with van der Waals surface area (Å²) < 4.78 is 5.05. The molecule has 2 aromatic rings. The van der Waals surface area contributed by atoms with Crippen molar-refractivity contribution in [3.05, 3.63) is 35.7 Å². The van der Waals surface area contributed by atoms with Gasteiger partial charge in [0.1, 0.15) is 12.3 Å². The summed E-state index contributed by atoms with van der Waals surface area (Å²) in [4.78, 5) is 11.3. The summed E-state index contributed by atoms with van der Waals surface area (Å²) in [5, 5.41) is 21.7. The smallest absolute Gasteiger partial charge is 0.179 e. The van der Waals surface area contributed by atoms with Gasteiger partial charge in [0.2, 0.25) is 0 Å². The third-order valence-corrected chi connectivity index (χ3v) is 2.29. The maximum atomic E-state index is 10.4. The van der Waals surface area contributed by atoms with Gasteiger partial charge in [-0.05, 0) is 22.9 Å². The summed E-state index contributed by atoms with van der Waals surface area (Å²) >= 11 is 0. The monoisotopic (exact) mass is 247 g/mol. The van der Waals surface area contributed by atoms with Gasteiger partial charge in [-0.25, -0.2) is 0 Å². The number of tetrazole rings is 1. The first-order valence-corrected chi connectivity index (χ1v) is 5.27.